The molecule has 154 valence electrons. The van der Waals surface area contributed by atoms with Crippen LogP contribution in [0.2, 0.25) is 0 Å². The molecule has 2 heteroatoms. The van der Waals surface area contributed by atoms with Crippen molar-refractivity contribution >= 4 is 5.97 Å². The average Bonchev–Trinajstić information content (AvgIpc) is 2.70. The van der Waals surface area contributed by atoms with Crippen molar-refractivity contribution in [2.45, 2.75) is 104 Å². The van der Waals surface area contributed by atoms with Crippen LogP contribution in [-0.4, -0.2) is 12.6 Å². The number of hydrogen-bond acceptors (Lipinski definition) is 2. The SMILES string of the molecule is CCCCCCCCCCCCCCCC(C)COC(=O)c1ccccc1. The fourth-order valence-electron chi connectivity index (χ4n) is 3.47. The molecule has 0 aliphatic heterocycles. The van der Waals surface area contributed by atoms with Gasteiger partial charge in [0, 0.05) is 0 Å². The average molecular weight is 375 g/mol. The molecule has 0 aliphatic carbocycles. The van der Waals surface area contributed by atoms with Gasteiger partial charge in [0.15, 0.2) is 0 Å². The highest BCUT2D eigenvalue weighted by atomic mass is 16.5. The minimum Gasteiger partial charge on any atom is -0.462 e. The summed E-state index contributed by atoms with van der Waals surface area (Å²) in [5.41, 5.74) is 0.644. The fraction of sp³-hybridized carbons (Fsp3) is 0.720. The van der Waals surface area contributed by atoms with E-state index >= 15 is 0 Å². The fourth-order valence-corrected chi connectivity index (χ4v) is 3.47. The maximum atomic E-state index is 11.9. The Labute approximate surface area is 168 Å². The minimum atomic E-state index is -0.201. The molecule has 0 saturated carbocycles. The summed E-state index contributed by atoms with van der Waals surface area (Å²) >= 11 is 0. The minimum absolute atomic E-state index is 0.201. The molecule has 0 amide bonds. The molecular weight excluding hydrogens is 332 g/mol. The van der Waals surface area contributed by atoms with Crippen LogP contribution in [-0.2, 0) is 4.74 Å². The lowest BCUT2D eigenvalue weighted by Gasteiger charge is -2.12. The summed E-state index contributed by atoms with van der Waals surface area (Å²) in [5, 5.41) is 0. The van der Waals surface area contributed by atoms with E-state index in [1.807, 2.05) is 18.2 Å². The summed E-state index contributed by atoms with van der Waals surface area (Å²) < 4.78 is 5.41. The monoisotopic (exact) mass is 374 g/mol. The molecule has 2 nitrogen and oxygen atoms in total. The zero-order chi connectivity index (χ0) is 19.6. The molecule has 0 spiro atoms. The highest BCUT2D eigenvalue weighted by Crippen LogP contribution is 2.15. The smallest absolute Gasteiger partial charge is 0.338 e. The molecule has 0 N–H and O–H groups in total. The maximum absolute atomic E-state index is 11.9. The highest BCUT2D eigenvalue weighted by Gasteiger charge is 2.09. The number of benzene rings is 1. The highest BCUT2D eigenvalue weighted by molar-refractivity contribution is 5.89. The topological polar surface area (TPSA) is 26.3 Å². The van der Waals surface area contributed by atoms with Gasteiger partial charge in [0.05, 0.1) is 12.2 Å². The summed E-state index contributed by atoms with van der Waals surface area (Å²) in [6, 6.07) is 9.26. The predicted octanol–water partition coefficient (Wildman–Crippen LogP) is 7.96. The van der Waals surface area contributed by atoms with Crippen molar-refractivity contribution < 1.29 is 9.53 Å². The maximum Gasteiger partial charge on any atom is 0.338 e. The van der Waals surface area contributed by atoms with Crippen molar-refractivity contribution in [2.24, 2.45) is 5.92 Å². The number of esters is 1. The van der Waals surface area contributed by atoms with E-state index in [9.17, 15) is 4.79 Å². The van der Waals surface area contributed by atoms with E-state index in [-0.39, 0.29) is 5.97 Å². The van der Waals surface area contributed by atoms with E-state index in [0.717, 1.165) is 6.42 Å². The lowest BCUT2D eigenvalue weighted by molar-refractivity contribution is 0.0442. The summed E-state index contributed by atoms with van der Waals surface area (Å²) in [5.74, 6) is 0.248. The van der Waals surface area contributed by atoms with Gasteiger partial charge in [-0.15, -0.1) is 0 Å². The molecule has 0 radical (unpaired) electrons. The molecule has 0 heterocycles. The van der Waals surface area contributed by atoms with E-state index in [0.29, 0.717) is 18.1 Å². The molecule has 0 bridgehead atoms. The Hall–Kier alpha value is -1.31. The van der Waals surface area contributed by atoms with Gasteiger partial charge in [-0.25, -0.2) is 4.79 Å². The van der Waals surface area contributed by atoms with Gasteiger partial charge in [-0.1, -0.05) is 116 Å². The Morgan fingerprint density at radius 1 is 0.778 bits per heavy atom. The van der Waals surface area contributed by atoms with Crippen LogP contribution >= 0.6 is 0 Å². The third-order valence-electron chi connectivity index (χ3n) is 5.31. The molecule has 0 aromatic heterocycles. The number of rotatable bonds is 17. The first kappa shape index (κ1) is 23.7. The number of unbranched alkanes of at least 4 members (excludes halogenated alkanes) is 12. The van der Waals surface area contributed by atoms with Crippen LogP contribution < -0.4 is 0 Å². The van der Waals surface area contributed by atoms with Crippen molar-refractivity contribution in [3.63, 3.8) is 0 Å². The van der Waals surface area contributed by atoms with Gasteiger partial charge in [-0.05, 0) is 24.5 Å². The second-order valence-corrected chi connectivity index (χ2v) is 8.10. The van der Waals surface area contributed by atoms with Gasteiger partial charge in [-0.3, -0.25) is 0 Å². The molecular formula is C25H42O2. The van der Waals surface area contributed by atoms with Crippen molar-refractivity contribution in [1.29, 1.82) is 0 Å². The first-order valence-corrected chi connectivity index (χ1v) is 11.5. The summed E-state index contributed by atoms with van der Waals surface area (Å²) in [7, 11) is 0. The Balaban J connectivity index is 1.85. The molecule has 0 saturated heterocycles. The summed E-state index contributed by atoms with van der Waals surface area (Å²) in [6.07, 6.45) is 19.2. The number of ether oxygens (including phenoxy) is 1. The van der Waals surface area contributed by atoms with Gasteiger partial charge >= 0.3 is 5.97 Å². The summed E-state index contributed by atoms with van der Waals surface area (Å²) in [6.45, 7) is 4.99. The van der Waals surface area contributed by atoms with Crippen LogP contribution in [0.15, 0.2) is 30.3 Å². The standard InChI is InChI=1S/C25H42O2/c1-3-4-5-6-7-8-9-10-11-12-13-14-16-19-23(2)22-27-25(26)24-20-17-15-18-21-24/h15,17-18,20-21,23H,3-14,16,19,22H2,1-2H3. The van der Waals surface area contributed by atoms with Gasteiger partial charge in [-0.2, -0.15) is 0 Å². The second-order valence-electron chi connectivity index (χ2n) is 8.10. The van der Waals surface area contributed by atoms with Gasteiger partial charge in [0.25, 0.3) is 0 Å². The van der Waals surface area contributed by atoms with Crippen LogP contribution in [0.3, 0.4) is 0 Å². The Kier molecular flexibility index (Phi) is 14.8. The van der Waals surface area contributed by atoms with Crippen LogP contribution in [0.5, 0.6) is 0 Å². The lowest BCUT2D eigenvalue weighted by atomic mass is 10.0. The lowest BCUT2D eigenvalue weighted by Crippen LogP contribution is -2.12. The first-order valence-electron chi connectivity index (χ1n) is 11.5. The van der Waals surface area contributed by atoms with Crippen LogP contribution in [0.25, 0.3) is 0 Å². The first-order chi connectivity index (χ1) is 13.2. The normalized spacial score (nSPS) is 12.1. The number of carbonyl (C=O) groups excluding carboxylic acids is 1. The molecule has 0 fully saturated rings. The van der Waals surface area contributed by atoms with Gasteiger partial charge in [0.2, 0.25) is 0 Å². The quantitative estimate of drug-likeness (QED) is 0.204. The molecule has 1 atom stereocenters. The Morgan fingerprint density at radius 3 is 1.78 bits per heavy atom. The zero-order valence-electron chi connectivity index (χ0n) is 17.9. The van der Waals surface area contributed by atoms with Crippen molar-refractivity contribution in [2.75, 3.05) is 6.61 Å². The molecule has 1 unspecified atom stereocenters. The van der Waals surface area contributed by atoms with Gasteiger partial charge in [0.1, 0.15) is 0 Å². The van der Waals surface area contributed by atoms with Crippen LogP contribution in [0, 0.1) is 5.92 Å². The van der Waals surface area contributed by atoms with E-state index in [1.165, 1.54) is 83.5 Å². The van der Waals surface area contributed by atoms with E-state index < -0.39 is 0 Å². The van der Waals surface area contributed by atoms with Crippen molar-refractivity contribution in [3.8, 4) is 0 Å². The van der Waals surface area contributed by atoms with Gasteiger partial charge < -0.3 is 4.74 Å². The Bertz CT molecular complexity index is 455. The number of hydrogen-bond donors (Lipinski definition) is 0. The third-order valence-corrected chi connectivity index (χ3v) is 5.31. The Morgan fingerprint density at radius 2 is 1.26 bits per heavy atom. The molecule has 1 rings (SSSR count). The summed E-state index contributed by atoms with van der Waals surface area (Å²) in [4.78, 5) is 11.9. The van der Waals surface area contributed by atoms with E-state index in [4.69, 9.17) is 4.74 Å². The molecule has 0 aliphatic rings. The van der Waals surface area contributed by atoms with Crippen LogP contribution in [0.4, 0.5) is 0 Å². The number of carbonyl (C=O) groups is 1. The van der Waals surface area contributed by atoms with Crippen LogP contribution in [0.1, 0.15) is 114 Å². The van der Waals surface area contributed by atoms with E-state index in [2.05, 4.69) is 13.8 Å². The van der Waals surface area contributed by atoms with E-state index in [1.54, 1.807) is 12.1 Å². The second kappa shape index (κ2) is 16.8. The molecule has 1 aromatic rings. The molecule has 27 heavy (non-hydrogen) atoms. The zero-order valence-corrected chi connectivity index (χ0v) is 17.9. The predicted molar refractivity (Wildman–Crippen MR) is 116 cm³/mol. The largest absolute Gasteiger partial charge is 0.462 e. The van der Waals surface area contributed by atoms with Crippen molar-refractivity contribution in [3.05, 3.63) is 35.9 Å². The van der Waals surface area contributed by atoms with Crippen molar-refractivity contribution in [1.82, 2.24) is 0 Å². The third kappa shape index (κ3) is 13.5. The molecule has 1 aromatic carbocycles.